The van der Waals surface area contributed by atoms with E-state index >= 15 is 0 Å². The van der Waals surface area contributed by atoms with E-state index in [-0.39, 0.29) is 10.8 Å². The van der Waals surface area contributed by atoms with Crippen molar-refractivity contribution in [2.24, 2.45) is 15.9 Å². The van der Waals surface area contributed by atoms with Crippen LogP contribution < -0.4 is 0 Å². The summed E-state index contributed by atoms with van der Waals surface area (Å²) in [5.41, 5.74) is 7.99. The van der Waals surface area contributed by atoms with Gasteiger partial charge in [-0.2, -0.15) is 5.11 Å². The number of allylic oxidation sites excluding steroid dienone is 3. The van der Waals surface area contributed by atoms with Gasteiger partial charge in [-0.1, -0.05) is 53.7 Å². The Morgan fingerprint density at radius 2 is 1.50 bits per heavy atom. The van der Waals surface area contributed by atoms with Gasteiger partial charge in [-0.15, -0.1) is 0 Å². The lowest BCUT2D eigenvalue weighted by Crippen LogP contribution is -2.01. The molecule has 0 rings (SSSR count). The van der Waals surface area contributed by atoms with Crippen molar-refractivity contribution in [1.29, 1.82) is 5.53 Å². The predicted molar refractivity (Wildman–Crippen MR) is 61.3 cm³/mol. The van der Waals surface area contributed by atoms with Gasteiger partial charge in [0, 0.05) is 0 Å². The van der Waals surface area contributed by atoms with E-state index in [1.165, 1.54) is 0 Å². The molecular formula is C12H22N2. The van der Waals surface area contributed by atoms with Gasteiger partial charge in [-0.3, -0.25) is 0 Å². The highest BCUT2D eigenvalue weighted by Crippen LogP contribution is 2.21. The molecule has 14 heavy (non-hydrogen) atoms. The van der Waals surface area contributed by atoms with Crippen molar-refractivity contribution in [3.8, 4) is 0 Å². The minimum Gasteiger partial charge on any atom is -0.204 e. The van der Waals surface area contributed by atoms with Crippen molar-refractivity contribution >= 4 is 0 Å². The summed E-state index contributed by atoms with van der Waals surface area (Å²) in [4.78, 5) is 0. The van der Waals surface area contributed by atoms with Crippen molar-refractivity contribution in [1.82, 2.24) is 0 Å². The molecule has 80 valence electrons. The van der Waals surface area contributed by atoms with Crippen LogP contribution in [0.3, 0.4) is 0 Å². The molecular weight excluding hydrogens is 172 g/mol. The molecule has 0 aliphatic heterocycles. The molecule has 2 heteroatoms. The van der Waals surface area contributed by atoms with Gasteiger partial charge in [0.05, 0.1) is 5.70 Å². The van der Waals surface area contributed by atoms with Crippen LogP contribution in [-0.2, 0) is 0 Å². The standard InChI is InChI=1S/C12H22N2/c1-11(2,3)8-7-10(14-13)9-12(4,5)6/h7-9,13H,1-6H3/b8-7-,10-9+,14-13?. The van der Waals surface area contributed by atoms with Crippen molar-refractivity contribution in [2.45, 2.75) is 41.5 Å². The van der Waals surface area contributed by atoms with Crippen LogP contribution in [0.1, 0.15) is 41.5 Å². The summed E-state index contributed by atoms with van der Waals surface area (Å²) in [5, 5.41) is 3.50. The fraction of sp³-hybridized carbons (Fsp3) is 0.667. The Balaban J connectivity index is 4.70. The van der Waals surface area contributed by atoms with E-state index in [1.807, 2.05) is 12.2 Å². The number of hydrogen-bond donors (Lipinski definition) is 1. The molecule has 2 nitrogen and oxygen atoms in total. The highest BCUT2D eigenvalue weighted by molar-refractivity contribution is 5.20. The van der Waals surface area contributed by atoms with Crippen LogP contribution >= 0.6 is 0 Å². The van der Waals surface area contributed by atoms with E-state index in [4.69, 9.17) is 5.53 Å². The summed E-state index contributed by atoms with van der Waals surface area (Å²) in [6, 6.07) is 0. The second-order valence-corrected chi connectivity index (χ2v) is 5.75. The lowest BCUT2D eigenvalue weighted by Gasteiger charge is -2.14. The summed E-state index contributed by atoms with van der Waals surface area (Å²) in [5.74, 6) is 0. The molecule has 0 heterocycles. The van der Waals surface area contributed by atoms with Crippen LogP contribution in [0.4, 0.5) is 0 Å². The van der Waals surface area contributed by atoms with E-state index < -0.39 is 0 Å². The number of nitrogens with zero attached hydrogens (tertiary/aromatic N) is 1. The first-order valence-corrected chi connectivity index (χ1v) is 4.94. The second-order valence-electron chi connectivity index (χ2n) is 5.75. The zero-order valence-electron chi connectivity index (χ0n) is 10.2. The fourth-order valence-electron chi connectivity index (χ4n) is 0.897. The largest absolute Gasteiger partial charge is 0.204 e. The molecule has 0 aromatic carbocycles. The van der Waals surface area contributed by atoms with Crippen LogP contribution in [0.25, 0.3) is 0 Å². The maximum absolute atomic E-state index is 7.05. The summed E-state index contributed by atoms with van der Waals surface area (Å²) in [7, 11) is 0. The minimum atomic E-state index is 0.0715. The molecule has 1 N–H and O–H groups in total. The monoisotopic (exact) mass is 194 g/mol. The molecule has 0 radical (unpaired) electrons. The van der Waals surface area contributed by atoms with Gasteiger partial charge in [0.1, 0.15) is 0 Å². The lowest BCUT2D eigenvalue weighted by molar-refractivity contribution is 0.535. The van der Waals surface area contributed by atoms with Crippen LogP contribution in [0.15, 0.2) is 29.0 Å². The van der Waals surface area contributed by atoms with Crippen molar-refractivity contribution in [3.05, 3.63) is 23.9 Å². The third-order valence-corrected chi connectivity index (χ3v) is 1.46. The Kier molecular flexibility index (Phi) is 4.24. The molecule has 0 bridgehead atoms. The maximum Gasteiger partial charge on any atom is 0.0812 e. The fourth-order valence-corrected chi connectivity index (χ4v) is 0.897. The first-order valence-electron chi connectivity index (χ1n) is 4.94. The first kappa shape index (κ1) is 13.1. The minimum absolute atomic E-state index is 0.0715. The average Bonchev–Trinajstić information content (AvgIpc) is 1.94. The van der Waals surface area contributed by atoms with E-state index in [0.29, 0.717) is 0 Å². The Hall–Kier alpha value is -0.920. The molecule has 0 fully saturated rings. The Bertz CT molecular complexity index is 246. The summed E-state index contributed by atoms with van der Waals surface area (Å²) in [6.45, 7) is 12.7. The summed E-state index contributed by atoms with van der Waals surface area (Å²) >= 11 is 0. The summed E-state index contributed by atoms with van der Waals surface area (Å²) < 4.78 is 0. The average molecular weight is 194 g/mol. The molecule has 0 unspecified atom stereocenters. The zero-order chi connectivity index (χ0) is 11.4. The Labute approximate surface area is 87.6 Å². The summed E-state index contributed by atoms with van der Waals surface area (Å²) in [6.07, 6.45) is 5.99. The molecule has 0 aromatic heterocycles. The third kappa shape index (κ3) is 7.71. The smallest absolute Gasteiger partial charge is 0.0812 e. The van der Waals surface area contributed by atoms with Gasteiger partial charge < -0.3 is 0 Å². The molecule has 0 aromatic rings. The van der Waals surface area contributed by atoms with Gasteiger partial charge >= 0.3 is 0 Å². The van der Waals surface area contributed by atoms with Crippen LogP contribution in [0.5, 0.6) is 0 Å². The zero-order valence-corrected chi connectivity index (χ0v) is 10.2. The molecule has 0 spiro atoms. The molecule has 0 atom stereocenters. The third-order valence-electron chi connectivity index (χ3n) is 1.46. The van der Waals surface area contributed by atoms with Gasteiger partial charge in [0.25, 0.3) is 0 Å². The highest BCUT2D eigenvalue weighted by Gasteiger charge is 2.08. The molecule has 0 aliphatic rings. The van der Waals surface area contributed by atoms with Crippen molar-refractivity contribution in [3.63, 3.8) is 0 Å². The first-order chi connectivity index (χ1) is 6.14. The number of nitrogens with one attached hydrogen (secondary N) is 1. The van der Waals surface area contributed by atoms with Gasteiger partial charge in [-0.05, 0) is 16.9 Å². The normalized spacial score (nSPS) is 14.9. The lowest BCUT2D eigenvalue weighted by atomic mass is 9.93. The van der Waals surface area contributed by atoms with Gasteiger partial charge in [0.15, 0.2) is 0 Å². The van der Waals surface area contributed by atoms with Crippen molar-refractivity contribution in [2.75, 3.05) is 0 Å². The van der Waals surface area contributed by atoms with Crippen LogP contribution in [0, 0.1) is 16.4 Å². The predicted octanol–water partition coefficient (Wildman–Crippen LogP) is 4.55. The van der Waals surface area contributed by atoms with Crippen LogP contribution in [0.2, 0.25) is 0 Å². The van der Waals surface area contributed by atoms with Gasteiger partial charge in [-0.25, -0.2) is 5.53 Å². The Morgan fingerprint density at radius 3 is 1.79 bits per heavy atom. The van der Waals surface area contributed by atoms with E-state index in [2.05, 4.69) is 52.7 Å². The quantitative estimate of drug-likeness (QED) is 0.494. The molecule has 0 amide bonds. The Morgan fingerprint density at radius 1 is 1.00 bits per heavy atom. The van der Waals surface area contributed by atoms with E-state index in [9.17, 15) is 0 Å². The molecule has 0 aliphatic carbocycles. The molecule has 0 saturated heterocycles. The SMILES string of the molecule is CC(C)(C)/C=C\C(=C/C(C)(C)C)N=N. The maximum atomic E-state index is 7.05. The number of hydrogen-bond acceptors (Lipinski definition) is 2. The van der Waals surface area contributed by atoms with E-state index in [1.54, 1.807) is 0 Å². The second kappa shape index (κ2) is 4.54. The topological polar surface area (TPSA) is 36.2 Å². The number of rotatable bonds is 2. The highest BCUT2D eigenvalue weighted by atomic mass is 15.0. The van der Waals surface area contributed by atoms with E-state index in [0.717, 1.165) is 5.70 Å². The van der Waals surface area contributed by atoms with Gasteiger partial charge in [0.2, 0.25) is 0 Å². The van der Waals surface area contributed by atoms with Crippen molar-refractivity contribution < 1.29 is 0 Å². The van der Waals surface area contributed by atoms with Crippen LogP contribution in [-0.4, -0.2) is 0 Å². The molecule has 0 saturated carbocycles.